The molecule has 2 aromatic rings. The number of nitrogen functional groups attached to an aromatic ring is 1. The Balaban J connectivity index is 2.26. The molecule has 0 spiro atoms. The second kappa shape index (κ2) is 5.92. The number of carbonyl (C=O) groups excluding carboxylic acids is 1. The number of pyridine rings is 1. The van der Waals surface area contributed by atoms with Crippen molar-refractivity contribution in [1.82, 2.24) is 4.98 Å². The highest BCUT2D eigenvalue weighted by Crippen LogP contribution is 2.23. The minimum Gasteiger partial charge on any atom is -0.398 e. The predicted molar refractivity (Wildman–Crippen MR) is 85.1 cm³/mol. The van der Waals surface area contributed by atoms with E-state index in [1.807, 2.05) is 25.1 Å². The smallest absolute Gasteiger partial charge is 0.255 e. The highest BCUT2D eigenvalue weighted by molar-refractivity contribution is 9.10. The van der Waals surface area contributed by atoms with Crippen molar-refractivity contribution < 1.29 is 4.79 Å². The summed E-state index contributed by atoms with van der Waals surface area (Å²) in [6, 6.07) is 8.67. The lowest BCUT2D eigenvalue weighted by molar-refractivity contribution is 0.102. The van der Waals surface area contributed by atoms with E-state index in [-0.39, 0.29) is 5.91 Å². The third-order valence-corrected chi connectivity index (χ3v) is 3.44. The lowest BCUT2D eigenvalue weighted by Crippen LogP contribution is -2.17. The van der Waals surface area contributed by atoms with Gasteiger partial charge in [0, 0.05) is 36.0 Å². The lowest BCUT2D eigenvalue weighted by atomic mass is 10.2. The quantitative estimate of drug-likeness (QED) is 0.846. The number of amides is 1. The van der Waals surface area contributed by atoms with Gasteiger partial charge in [0.25, 0.3) is 5.91 Å². The Morgan fingerprint density at radius 2 is 2.10 bits per heavy atom. The molecule has 1 amide bonds. The first-order chi connectivity index (χ1) is 9.49. The number of hydrogen-bond acceptors (Lipinski definition) is 4. The second-order valence-corrected chi connectivity index (χ2v) is 5.31. The van der Waals surface area contributed by atoms with E-state index in [0.29, 0.717) is 22.8 Å². The molecule has 0 unspecified atom stereocenters. The van der Waals surface area contributed by atoms with Crippen molar-refractivity contribution >= 4 is 39.0 Å². The van der Waals surface area contributed by atoms with Crippen LogP contribution in [0.1, 0.15) is 10.4 Å². The van der Waals surface area contributed by atoms with Crippen LogP contribution < -0.4 is 16.0 Å². The van der Waals surface area contributed by atoms with Gasteiger partial charge in [-0.1, -0.05) is 0 Å². The largest absolute Gasteiger partial charge is 0.398 e. The molecule has 1 heterocycles. The fraction of sp³-hybridized carbons (Fsp3) is 0.143. The van der Waals surface area contributed by atoms with E-state index in [4.69, 9.17) is 5.73 Å². The van der Waals surface area contributed by atoms with E-state index in [1.54, 1.807) is 30.5 Å². The Morgan fingerprint density at radius 1 is 1.35 bits per heavy atom. The van der Waals surface area contributed by atoms with Gasteiger partial charge in [0.1, 0.15) is 0 Å². The number of aromatic nitrogens is 1. The maximum atomic E-state index is 12.2. The first-order valence-electron chi connectivity index (χ1n) is 5.97. The first-order valence-corrected chi connectivity index (χ1v) is 6.77. The molecule has 0 bridgehead atoms. The third-order valence-electron chi connectivity index (χ3n) is 2.72. The fourth-order valence-corrected chi connectivity index (χ4v) is 1.98. The summed E-state index contributed by atoms with van der Waals surface area (Å²) in [4.78, 5) is 18.3. The van der Waals surface area contributed by atoms with Crippen LogP contribution >= 0.6 is 15.9 Å². The number of hydrogen-bond donors (Lipinski definition) is 2. The number of nitrogens with one attached hydrogen (secondary N) is 1. The normalized spacial score (nSPS) is 10.2. The molecule has 0 radical (unpaired) electrons. The van der Waals surface area contributed by atoms with Crippen LogP contribution in [0.2, 0.25) is 0 Å². The van der Waals surface area contributed by atoms with Gasteiger partial charge in [-0.2, -0.15) is 0 Å². The molecule has 5 nitrogen and oxygen atoms in total. The first kappa shape index (κ1) is 14.3. The monoisotopic (exact) mass is 334 g/mol. The maximum Gasteiger partial charge on any atom is 0.255 e. The van der Waals surface area contributed by atoms with Gasteiger partial charge in [-0.05, 0) is 46.3 Å². The summed E-state index contributed by atoms with van der Waals surface area (Å²) in [5.74, 6) is 0.478. The zero-order valence-electron chi connectivity index (χ0n) is 11.2. The average Bonchev–Trinajstić information content (AvgIpc) is 2.42. The van der Waals surface area contributed by atoms with Crippen LogP contribution in [0.25, 0.3) is 0 Å². The summed E-state index contributed by atoms with van der Waals surface area (Å²) >= 11 is 3.30. The Hall–Kier alpha value is -2.08. The zero-order valence-corrected chi connectivity index (χ0v) is 12.8. The molecule has 6 heteroatoms. The van der Waals surface area contributed by atoms with Crippen LogP contribution in [-0.2, 0) is 0 Å². The number of anilines is 3. The van der Waals surface area contributed by atoms with Crippen LogP contribution in [0.3, 0.4) is 0 Å². The molecule has 3 N–H and O–H groups in total. The molecular weight excluding hydrogens is 320 g/mol. The van der Waals surface area contributed by atoms with Crippen LogP contribution in [-0.4, -0.2) is 25.0 Å². The van der Waals surface area contributed by atoms with E-state index >= 15 is 0 Å². The molecule has 0 aliphatic heterocycles. The van der Waals surface area contributed by atoms with Crippen LogP contribution in [0.15, 0.2) is 41.0 Å². The van der Waals surface area contributed by atoms with Crippen molar-refractivity contribution in [3.05, 3.63) is 46.6 Å². The number of carbonyl (C=O) groups is 1. The summed E-state index contributed by atoms with van der Waals surface area (Å²) in [5, 5.41) is 2.84. The van der Waals surface area contributed by atoms with Gasteiger partial charge in [0.05, 0.1) is 5.69 Å². The highest BCUT2D eigenvalue weighted by Gasteiger charge is 2.11. The van der Waals surface area contributed by atoms with Gasteiger partial charge in [-0.3, -0.25) is 4.79 Å². The summed E-state index contributed by atoms with van der Waals surface area (Å²) in [6.45, 7) is 0. The molecule has 20 heavy (non-hydrogen) atoms. The van der Waals surface area contributed by atoms with E-state index < -0.39 is 0 Å². The van der Waals surface area contributed by atoms with Gasteiger partial charge in [0.2, 0.25) is 0 Å². The molecule has 0 aliphatic rings. The van der Waals surface area contributed by atoms with Crippen molar-refractivity contribution in [3.8, 4) is 0 Å². The number of benzene rings is 1. The SMILES string of the molecule is CN(C)c1ncccc1NC(=O)c1ccc(Br)c(N)c1. The van der Waals surface area contributed by atoms with E-state index in [9.17, 15) is 4.79 Å². The Labute approximate surface area is 125 Å². The number of halogens is 1. The maximum absolute atomic E-state index is 12.2. The fourth-order valence-electron chi connectivity index (χ4n) is 1.73. The molecule has 0 saturated carbocycles. The van der Waals surface area contributed by atoms with Gasteiger partial charge in [0.15, 0.2) is 5.82 Å². The van der Waals surface area contributed by atoms with E-state index in [2.05, 4.69) is 26.2 Å². The van der Waals surface area contributed by atoms with Crippen molar-refractivity contribution in [3.63, 3.8) is 0 Å². The van der Waals surface area contributed by atoms with Gasteiger partial charge < -0.3 is 16.0 Å². The Bertz CT molecular complexity index is 643. The molecule has 0 aliphatic carbocycles. The lowest BCUT2D eigenvalue weighted by Gasteiger charge is -2.16. The molecule has 1 aromatic heterocycles. The van der Waals surface area contributed by atoms with Crippen LogP contribution in [0.4, 0.5) is 17.2 Å². The summed E-state index contributed by atoms with van der Waals surface area (Å²) in [6.07, 6.45) is 1.68. The second-order valence-electron chi connectivity index (χ2n) is 4.46. The highest BCUT2D eigenvalue weighted by atomic mass is 79.9. The third kappa shape index (κ3) is 3.08. The van der Waals surface area contributed by atoms with Gasteiger partial charge in [-0.15, -0.1) is 0 Å². The standard InChI is InChI=1S/C14H15BrN4O/c1-19(2)13-12(4-3-7-17-13)18-14(20)9-5-6-10(15)11(16)8-9/h3-8H,16H2,1-2H3,(H,18,20). The topological polar surface area (TPSA) is 71.2 Å². The number of nitrogens with zero attached hydrogens (tertiary/aromatic N) is 2. The average molecular weight is 335 g/mol. The molecule has 0 atom stereocenters. The van der Waals surface area contributed by atoms with Crippen molar-refractivity contribution in [2.24, 2.45) is 0 Å². The molecule has 2 rings (SSSR count). The molecule has 0 fully saturated rings. The minimum atomic E-state index is -0.222. The number of rotatable bonds is 3. The van der Waals surface area contributed by atoms with E-state index in [0.717, 1.165) is 4.47 Å². The minimum absolute atomic E-state index is 0.222. The van der Waals surface area contributed by atoms with E-state index in [1.165, 1.54) is 0 Å². The Morgan fingerprint density at radius 3 is 2.75 bits per heavy atom. The number of nitrogens with two attached hydrogens (primary N) is 1. The van der Waals surface area contributed by atoms with Gasteiger partial charge >= 0.3 is 0 Å². The summed E-state index contributed by atoms with van der Waals surface area (Å²) in [5.41, 5.74) is 7.46. The zero-order chi connectivity index (χ0) is 14.7. The molecule has 104 valence electrons. The summed E-state index contributed by atoms with van der Waals surface area (Å²) < 4.78 is 0.768. The van der Waals surface area contributed by atoms with Crippen molar-refractivity contribution in [2.45, 2.75) is 0 Å². The molecule has 0 saturated heterocycles. The van der Waals surface area contributed by atoms with Gasteiger partial charge in [-0.25, -0.2) is 4.98 Å². The molecular formula is C14H15BrN4O. The van der Waals surface area contributed by atoms with Crippen molar-refractivity contribution in [2.75, 3.05) is 30.0 Å². The summed E-state index contributed by atoms with van der Waals surface area (Å²) in [7, 11) is 3.74. The predicted octanol–water partition coefficient (Wildman–Crippen LogP) is 2.74. The molecule has 1 aromatic carbocycles. The van der Waals surface area contributed by atoms with Crippen molar-refractivity contribution in [1.29, 1.82) is 0 Å². The van der Waals surface area contributed by atoms with Crippen LogP contribution in [0, 0.1) is 0 Å². The Kier molecular flexibility index (Phi) is 4.24. The van der Waals surface area contributed by atoms with Crippen LogP contribution in [0.5, 0.6) is 0 Å².